The topological polar surface area (TPSA) is 29.3 Å². The van der Waals surface area contributed by atoms with Gasteiger partial charge in [-0.3, -0.25) is 4.90 Å². The Balaban J connectivity index is 1.97. The molecule has 0 saturated carbocycles. The zero-order valence-electron chi connectivity index (χ0n) is 11.1. The minimum absolute atomic E-state index is 0.176. The summed E-state index contributed by atoms with van der Waals surface area (Å²) >= 11 is 1.77. The molecule has 4 unspecified atom stereocenters. The third-order valence-electron chi connectivity index (χ3n) is 4.06. The molecule has 1 aliphatic heterocycles. The third kappa shape index (κ3) is 3.09. The molecule has 0 radical (unpaired) electrons. The highest BCUT2D eigenvalue weighted by molar-refractivity contribution is 7.10. The van der Waals surface area contributed by atoms with Crippen LogP contribution in [0.5, 0.6) is 0 Å². The molecule has 0 spiro atoms. The number of rotatable bonds is 3. The number of nitrogens with two attached hydrogens (primary N) is 1. The summed E-state index contributed by atoms with van der Waals surface area (Å²) in [5.74, 6) is 1.59. The highest BCUT2D eigenvalue weighted by atomic mass is 32.1. The quantitative estimate of drug-likeness (QED) is 0.895. The van der Waals surface area contributed by atoms with Gasteiger partial charge in [-0.1, -0.05) is 19.9 Å². The molecule has 0 bridgehead atoms. The Kier molecular flexibility index (Phi) is 4.23. The Labute approximate surface area is 109 Å². The van der Waals surface area contributed by atoms with E-state index in [0.29, 0.717) is 6.04 Å². The summed E-state index contributed by atoms with van der Waals surface area (Å²) in [6.07, 6.45) is 1.35. The zero-order chi connectivity index (χ0) is 12.4. The molecule has 4 atom stereocenters. The van der Waals surface area contributed by atoms with Crippen molar-refractivity contribution in [2.45, 2.75) is 39.3 Å². The van der Waals surface area contributed by atoms with Crippen LogP contribution < -0.4 is 5.73 Å². The number of hydrogen-bond acceptors (Lipinski definition) is 3. The molecule has 1 saturated heterocycles. The molecule has 0 aliphatic carbocycles. The lowest BCUT2D eigenvalue weighted by atomic mass is 9.86. The molecular formula is C14H24N2S. The van der Waals surface area contributed by atoms with E-state index in [2.05, 4.69) is 43.2 Å². The van der Waals surface area contributed by atoms with Crippen molar-refractivity contribution in [2.24, 2.45) is 17.6 Å². The molecule has 0 amide bonds. The molecule has 1 aromatic rings. The molecular weight excluding hydrogens is 228 g/mol. The molecule has 17 heavy (non-hydrogen) atoms. The van der Waals surface area contributed by atoms with Gasteiger partial charge in [-0.05, 0) is 36.6 Å². The van der Waals surface area contributed by atoms with Gasteiger partial charge in [0.25, 0.3) is 0 Å². The zero-order valence-corrected chi connectivity index (χ0v) is 11.9. The van der Waals surface area contributed by atoms with Gasteiger partial charge < -0.3 is 5.73 Å². The normalized spacial score (nSPS) is 32.6. The fraction of sp³-hybridized carbons (Fsp3) is 0.714. The SMILES string of the molecule is CC1CC(C)C(C)N(CC(N)c2cccs2)C1. The van der Waals surface area contributed by atoms with E-state index in [-0.39, 0.29) is 6.04 Å². The molecule has 2 nitrogen and oxygen atoms in total. The van der Waals surface area contributed by atoms with Gasteiger partial charge in [0.15, 0.2) is 0 Å². The van der Waals surface area contributed by atoms with Gasteiger partial charge >= 0.3 is 0 Å². The van der Waals surface area contributed by atoms with E-state index in [1.807, 2.05) is 0 Å². The van der Waals surface area contributed by atoms with Crippen LogP contribution in [-0.2, 0) is 0 Å². The van der Waals surface area contributed by atoms with Crippen LogP contribution >= 0.6 is 11.3 Å². The molecule has 1 aromatic heterocycles. The van der Waals surface area contributed by atoms with E-state index in [9.17, 15) is 0 Å². The first-order chi connectivity index (χ1) is 8.08. The summed E-state index contributed by atoms with van der Waals surface area (Å²) in [7, 11) is 0. The van der Waals surface area contributed by atoms with E-state index in [0.717, 1.165) is 18.4 Å². The Morgan fingerprint density at radius 2 is 2.24 bits per heavy atom. The molecule has 96 valence electrons. The summed E-state index contributed by atoms with van der Waals surface area (Å²) in [6, 6.07) is 5.08. The van der Waals surface area contributed by atoms with E-state index >= 15 is 0 Å². The van der Waals surface area contributed by atoms with Crippen molar-refractivity contribution in [3.63, 3.8) is 0 Å². The van der Waals surface area contributed by atoms with Crippen molar-refractivity contribution in [3.8, 4) is 0 Å². The van der Waals surface area contributed by atoms with Crippen LogP contribution in [0.1, 0.15) is 38.1 Å². The maximum atomic E-state index is 6.29. The Morgan fingerprint density at radius 3 is 2.88 bits per heavy atom. The van der Waals surface area contributed by atoms with Gasteiger partial charge in [-0.2, -0.15) is 0 Å². The smallest absolute Gasteiger partial charge is 0.0519 e. The number of thiophene rings is 1. The fourth-order valence-corrected chi connectivity index (χ4v) is 3.64. The second kappa shape index (κ2) is 5.51. The van der Waals surface area contributed by atoms with Crippen molar-refractivity contribution in [1.82, 2.24) is 4.90 Å². The van der Waals surface area contributed by atoms with Crippen LogP contribution in [0, 0.1) is 11.8 Å². The lowest BCUT2D eigenvalue weighted by Crippen LogP contribution is -2.48. The van der Waals surface area contributed by atoms with Crippen LogP contribution in [0.4, 0.5) is 0 Å². The van der Waals surface area contributed by atoms with E-state index in [4.69, 9.17) is 5.73 Å². The van der Waals surface area contributed by atoms with Crippen molar-refractivity contribution < 1.29 is 0 Å². The van der Waals surface area contributed by atoms with Gasteiger partial charge in [0.05, 0.1) is 6.04 Å². The van der Waals surface area contributed by atoms with Crippen LogP contribution in [-0.4, -0.2) is 24.0 Å². The van der Waals surface area contributed by atoms with Crippen molar-refractivity contribution in [2.75, 3.05) is 13.1 Å². The monoisotopic (exact) mass is 252 g/mol. The Hall–Kier alpha value is -0.380. The second-order valence-electron chi connectivity index (χ2n) is 5.63. The third-order valence-corrected chi connectivity index (χ3v) is 5.06. The van der Waals surface area contributed by atoms with Gasteiger partial charge in [-0.25, -0.2) is 0 Å². The number of likely N-dealkylation sites (tertiary alicyclic amines) is 1. The highest BCUT2D eigenvalue weighted by Crippen LogP contribution is 2.28. The lowest BCUT2D eigenvalue weighted by Gasteiger charge is -2.42. The number of piperidine rings is 1. The summed E-state index contributed by atoms with van der Waals surface area (Å²) in [5.41, 5.74) is 6.29. The molecule has 2 rings (SSSR count). The van der Waals surface area contributed by atoms with Gasteiger partial charge in [0.1, 0.15) is 0 Å². The summed E-state index contributed by atoms with van der Waals surface area (Å²) in [6.45, 7) is 9.26. The number of nitrogens with zero attached hydrogens (tertiary/aromatic N) is 1. The average Bonchev–Trinajstić information content (AvgIpc) is 2.78. The Morgan fingerprint density at radius 1 is 1.47 bits per heavy atom. The van der Waals surface area contributed by atoms with Crippen LogP contribution in [0.2, 0.25) is 0 Å². The maximum absolute atomic E-state index is 6.29. The summed E-state index contributed by atoms with van der Waals surface area (Å²) < 4.78 is 0. The Bertz CT molecular complexity index is 336. The minimum atomic E-state index is 0.176. The first kappa shape index (κ1) is 13.1. The fourth-order valence-electron chi connectivity index (χ4n) is 2.92. The molecule has 3 heteroatoms. The van der Waals surface area contributed by atoms with E-state index in [1.165, 1.54) is 17.8 Å². The summed E-state index contributed by atoms with van der Waals surface area (Å²) in [5, 5.41) is 2.11. The molecule has 2 heterocycles. The standard InChI is InChI=1S/C14H24N2S/c1-10-7-11(2)12(3)16(8-10)9-13(15)14-5-4-6-17-14/h4-6,10-13H,7-9,15H2,1-3H3. The first-order valence-electron chi connectivity index (χ1n) is 6.61. The van der Waals surface area contributed by atoms with Crippen molar-refractivity contribution >= 4 is 11.3 Å². The first-order valence-corrected chi connectivity index (χ1v) is 7.49. The van der Waals surface area contributed by atoms with Crippen LogP contribution in [0.15, 0.2) is 17.5 Å². The van der Waals surface area contributed by atoms with Gasteiger partial charge in [0, 0.05) is 24.0 Å². The average molecular weight is 252 g/mol. The highest BCUT2D eigenvalue weighted by Gasteiger charge is 2.29. The second-order valence-corrected chi connectivity index (χ2v) is 6.61. The van der Waals surface area contributed by atoms with Crippen LogP contribution in [0.25, 0.3) is 0 Å². The van der Waals surface area contributed by atoms with Crippen molar-refractivity contribution in [3.05, 3.63) is 22.4 Å². The predicted molar refractivity (Wildman–Crippen MR) is 75.2 cm³/mol. The molecule has 2 N–H and O–H groups in total. The van der Waals surface area contributed by atoms with Crippen molar-refractivity contribution in [1.29, 1.82) is 0 Å². The largest absolute Gasteiger partial charge is 0.322 e. The number of hydrogen-bond donors (Lipinski definition) is 1. The molecule has 1 aliphatic rings. The predicted octanol–water partition coefficient (Wildman–Crippen LogP) is 3.11. The van der Waals surface area contributed by atoms with E-state index in [1.54, 1.807) is 11.3 Å². The molecule has 0 aromatic carbocycles. The van der Waals surface area contributed by atoms with Crippen LogP contribution in [0.3, 0.4) is 0 Å². The minimum Gasteiger partial charge on any atom is -0.322 e. The summed E-state index contributed by atoms with van der Waals surface area (Å²) in [4.78, 5) is 3.88. The maximum Gasteiger partial charge on any atom is 0.0519 e. The van der Waals surface area contributed by atoms with Gasteiger partial charge in [0.2, 0.25) is 0 Å². The van der Waals surface area contributed by atoms with Gasteiger partial charge in [-0.15, -0.1) is 11.3 Å². The van der Waals surface area contributed by atoms with E-state index < -0.39 is 0 Å². The lowest BCUT2D eigenvalue weighted by molar-refractivity contribution is 0.0745. The molecule has 1 fully saturated rings.